The number of hydrogen-bond donors (Lipinski definition) is 1. The lowest BCUT2D eigenvalue weighted by Crippen LogP contribution is -2.40. The van der Waals surface area contributed by atoms with Crippen molar-refractivity contribution in [2.24, 2.45) is 0 Å². The number of hydrogen-bond acceptors (Lipinski definition) is 5. The summed E-state index contributed by atoms with van der Waals surface area (Å²) in [5.41, 5.74) is 2.20. The highest BCUT2D eigenvalue weighted by Crippen LogP contribution is 2.31. The molecule has 7 nitrogen and oxygen atoms in total. The quantitative estimate of drug-likeness (QED) is 0.495. The molecule has 0 aliphatic carbocycles. The van der Waals surface area contributed by atoms with Crippen LogP contribution in [0.3, 0.4) is 0 Å². The van der Waals surface area contributed by atoms with Gasteiger partial charge in [0, 0.05) is 26.3 Å². The first-order valence-electron chi connectivity index (χ1n) is 10.2. The molecule has 0 heterocycles. The standard InChI is InChI=1S/C24H26ClN3O4S/c1-27(2)19-11-9-18(10-12-19)16-26-24(29)17-28(20-13-14-23(32-3)22(25)15-20)33(30,31)21-7-5-4-6-8-21/h4-15H,16-17H2,1-3H3,(H,26,29). The van der Waals surface area contributed by atoms with E-state index in [1.165, 1.54) is 25.3 Å². The molecular formula is C24H26ClN3O4S. The van der Waals surface area contributed by atoms with E-state index in [9.17, 15) is 13.2 Å². The fraction of sp³-hybridized carbons (Fsp3) is 0.208. The first-order valence-corrected chi connectivity index (χ1v) is 12.0. The van der Waals surface area contributed by atoms with Crippen LogP contribution in [0.15, 0.2) is 77.7 Å². The number of nitrogens with one attached hydrogen (secondary N) is 1. The lowest BCUT2D eigenvalue weighted by molar-refractivity contribution is -0.119. The van der Waals surface area contributed by atoms with Crippen LogP contribution in [0.5, 0.6) is 5.75 Å². The van der Waals surface area contributed by atoms with Gasteiger partial charge in [-0.3, -0.25) is 9.10 Å². The zero-order chi connectivity index (χ0) is 24.0. The molecule has 0 atom stereocenters. The minimum atomic E-state index is -4.02. The molecule has 0 spiro atoms. The number of methoxy groups -OCH3 is 1. The van der Waals surface area contributed by atoms with Gasteiger partial charge in [-0.1, -0.05) is 41.9 Å². The highest BCUT2D eigenvalue weighted by atomic mass is 35.5. The fourth-order valence-corrected chi connectivity index (χ4v) is 4.83. The zero-order valence-electron chi connectivity index (χ0n) is 18.7. The summed E-state index contributed by atoms with van der Waals surface area (Å²) in [6.45, 7) is -0.134. The third-order valence-corrected chi connectivity index (χ3v) is 7.07. The average Bonchev–Trinajstić information content (AvgIpc) is 2.82. The van der Waals surface area contributed by atoms with E-state index in [1.54, 1.807) is 30.3 Å². The number of benzene rings is 3. The second-order valence-electron chi connectivity index (χ2n) is 7.48. The summed E-state index contributed by atoms with van der Waals surface area (Å²) in [6.07, 6.45) is 0. The van der Waals surface area contributed by atoms with Crippen molar-refractivity contribution in [3.05, 3.63) is 83.4 Å². The molecule has 0 unspecified atom stereocenters. The summed E-state index contributed by atoms with van der Waals surface area (Å²) in [4.78, 5) is 14.8. The lowest BCUT2D eigenvalue weighted by atomic mass is 10.2. The number of halogens is 1. The number of amides is 1. The van der Waals surface area contributed by atoms with Gasteiger partial charge in [-0.2, -0.15) is 0 Å². The van der Waals surface area contributed by atoms with E-state index in [2.05, 4.69) is 5.32 Å². The minimum Gasteiger partial charge on any atom is -0.495 e. The molecule has 0 radical (unpaired) electrons. The molecule has 0 aliphatic rings. The number of ether oxygens (including phenoxy) is 1. The molecule has 9 heteroatoms. The van der Waals surface area contributed by atoms with Crippen molar-refractivity contribution in [2.75, 3.05) is 37.0 Å². The summed E-state index contributed by atoms with van der Waals surface area (Å²) in [5.74, 6) is -0.0405. The van der Waals surface area contributed by atoms with E-state index in [0.29, 0.717) is 5.75 Å². The Morgan fingerprint density at radius 2 is 1.61 bits per heavy atom. The van der Waals surface area contributed by atoms with E-state index in [0.717, 1.165) is 15.6 Å². The maximum Gasteiger partial charge on any atom is 0.264 e. The summed E-state index contributed by atoms with van der Waals surface area (Å²) in [5, 5.41) is 3.03. The van der Waals surface area contributed by atoms with Gasteiger partial charge in [0.25, 0.3) is 10.0 Å². The predicted octanol–water partition coefficient (Wildman–Crippen LogP) is 3.93. The second kappa shape index (κ2) is 10.6. The van der Waals surface area contributed by atoms with Crippen molar-refractivity contribution in [1.82, 2.24) is 5.32 Å². The molecule has 1 amide bonds. The molecule has 1 N–H and O–H groups in total. The number of carbonyl (C=O) groups excluding carboxylic acids is 1. The van der Waals surface area contributed by atoms with Gasteiger partial charge in [-0.05, 0) is 48.0 Å². The number of nitrogens with zero attached hydrogens (tertiary/aromatic N) is 2. The van der Waals surface area contributed by atoms with E-state index in [-0.39, 0.29) is 22.2 Å². The van der Waals surface area contributed by atoms with E-state index in [1.807, 2.05) is 43.3 Å². The van der Waals surface area contributed by atoms with Crippen LogP contribution in [-0.4, -0.2) is 42.1 Å². The molecular weight excluding hydrogens is 462 g/mol. The first kappa shape index (κ1) is 24.4. The van der Waals surface area contributed by atoms with Crippen molar-refractivity contribution in [3.8, 4) is 5.75 Å². The third kappa shape index (κ3) is 5.97. The van der Waals surface area contributed by atoms with Gasteiger partial charge < -0.3 is 15.0 Å². The van der Waals surface area contributed by atoms with Gasteiger partial charge in [0.05, 0.1) is 22.7 Å². The van der Waals surface area contributed by atoms with Crippen LogP contribution in [0, 0.1) is 0 Å². The molecule has 0 fully saturated rings. The largest absolute Gasteiger partial charge is 0.495 e. The number of anilines is 2. The fourth-order valence-electron chi connectivity index (χ4n) is 3.14. The molecule has 3 rings (SSSR count). The van der Waals surface area contributed by atoms with Gasteiger partial charge in [0.2, 0.25) is 5.91 Å². The highest BCUT2D eigenvalue weighted by Gasteiger charge is 2.27. The molecule has 0 aliphatic heterocycles. The summed E-state index contributed by atoms with van der Waals surface area (Å²) in [6, 6.07) is 20.3. The van der Waals surface area contributed by atoms with Crippen LogP contribution in [0.4, 0.5) is 11.4 Å². The van der Waals surface area contributed by atoms with E-state index in [4.69, 9.17) is 16.3 Å². The van der Waals surface area contributed by atoms with Gasteiger partial charge in [0.15, 0.2) is 0 Å². The zero-order valence-corrected chi connectivity index (χ0v) is 20.2. The van der Waals surface area contributed by atoms with Crippen molar-refractivity contribution in [2.45, 2.75) is 11.4 Å². The van der Waals surface area contributed by atoms with Gasteiger partial charge >= 0.3 is 0 Å². The molecule has 0 saturated heterocycles. The third-order valence-electron chi connectivity index (χ3n) is 4.98. The van der Waals surface area contributed by atoms with Crippen molar-refractivity contribution in [1.29, 1.82) is 0 Å². The molecule has 0 bridgehead atoms. The monoisotopic (exact) mass is 487 g/mol. The van der Waals surface area contributed by atoms with Crippen LogP contribution in [0.1, 0.15) is 5.56 Å². The highest BCUT2D eigenvalue weighted by molar-refractivity contribution is 7.92. The summed E-state index contributed by atoms with van der Waals surface area (Å²) < 4.78 is 33.0. The van der Waals surface area contributed by atoms with Crippen molar-refractivity contribution >= 4 is 38.9 Å². The Bertz CT molecular complexity index is 1200. The molecule has 0 saturated carbocycles. The molecule has 174 valence electrons. The molecule has 33 heavy (non-hydrogen) atoms. The Labute approximate surface area is 199 Å². The van der Waals surface area contributed by atoms with Crippen molar-refractivity contribution in [3.63, 3.8) is 0 Å². The number of carbonyl (C=O) groups is 1. The van der Waals surface area contributed by atoms with Crippen LogP contribution < -0.4 is 19.3 Å². The average molecular weight is 488 g/mol. The summed E-state index contributed by atoms with van der Waals surface area (Å²) >= 11 is 6.23. The maximum atomic E-state index is 13.4. The molecule has 3 aromatic rings. The Balaban J connectivity index is 1.83. The molecule has 3 aromatic carbocycles. The topological polar surface area (TPSA) is 79.0 Å². The summed E-state index contributed by atoms with van der Waals surface area (Å²) in [7, 11) is 1.35. The van der Waals surface area contributed by atoms with Gasteiger partial charge in [0.1, 0.15) is 12.3 Å². The van der Waals surface area contributed by atoms with Crippen LogP contribution >= 0.6 is 11.6 Å². The van der Waals surface area contributed by atoms with Crippen LogP contribution in [0.25, 0.3) is 0 Å². The van der Waals surface area contributed by atoms with Gasteiger partial charge in [-0.25, -0.2) is 8.42 Å². The van der Waals surface area contributed by atoms with Crippen molar-refractivity contribution < 1.29 is 17.9 Å². The van der Waals surface area contributed by atoms with Gasteiger partial charge in [-0.15, -0.1) is 0 Å². The normalized spacial score (nSPS) is 11.0. The van der Waals surface area contributed by atoms with Crippen LogP contribution in [-0.2, 0) is 21.4 Å². The Kier molecular flexibility index (Phi) is 7.84. The number of rotatable bonds is 9. The van der Waals surface area contributed by atoms with E-state index >= 15 is 0 Å². The van der Waals surface area contributed by atoms with Crippen LogP contribution in [0.2, 0.25) is 5.02 Å². The Morgan fingerprint density at radius 1 is 0.970 bits per heavy atom. The Morgan fingerprint density at radius 3 is 2.18 bits per heavy atom. The minimum absolute atomic E-state index is 0.0732. The lowest BCUT2D eigenvalue weighted by Gasteiger charge is -2.24. The predicted molar refractivity (Wildman–Crippen MR) is 132 cm³/mol. The maximum absolute atomic E-state index is 13.4. The Hall–Kier alpha value is -3.23. The number of sulfonamides is 1. The molecule has 0 aromatic heterocycles. The first-order chi connectivity index (χ1) is 15.7. The second-order valence-corrected chi connectivity index (χ2v) is 9.75. The smallest absolute Gasteiger partial charge is 0.264 e. The van der Waals surface area contributed by atoms with E-state index < -0.39 is 22.5 Å². The SMILES string of the molecule is COc1ccc(N(CC(=O)NCc2ccc(N(C)C)cc2)S(=O)(=O)c2ccccc2)cc1Cl.